The molecule has 0 radical (unpaired) electrons. The van der Waals surface area contributed by atoms with Crippen LogP contribution in [0, 0.1) is 6.92 Å². The highest BCUT2D eigenvalue weighted by molar-refractivity contribution is 7.89. The Hall–Kier alpha value is -1.93. The van der Waals surface area contributed by atoms with Gasteiger partial charge in [0, 0.05) is 17.6 Å². The Morgan fingerprint density at radius 1 is 1.15 bits per heavy atom. The van der Waals surface area contributed by atoms with E-state index in [-0.39, 0.29) is 27.4 Å². The van der Waals surface area contributed by atoms with Crippen molar-refractivity contribution in [3.05, 3.63) is 64.0 Å². The lowest BCUT2D eigenvalue weighted by atomic mass is 10.1. The average molecular weight is 412 g/mol. The second-order valence-electron chi connectivity index (χ2n) is 5.66. The monoisotopic (exact) mass is 411 g/mol. The van der Waals surface area contributed by atoms with Crippen LogP contribution in [-0.4, -0.2) is 29.9 Å². The van der Waals surface area contributed by atoms with Gasteiger partial charge in [-0.15, -0.1) is 0 Å². The maximum Gasteiger partial charge on any atom is 0.244 e. The van der Waals surface area contributed by atoms with Crippen LogP contribution in [0.2, 0.25) is 10.0 Å². The first-order valence-electron chi connectivity index (χ1n) is 7.59. The molecule has 0 spiro atoms. The van der Waals surface area contributed by atoms with E-state index in [0.717, 1.165) is 15.4 Å². The summed E-state index contributed by atoms with van der Waals surface area (Å²) in [6.45, 7) is 1.84. The molecule has 1 aromatic heterocycles. The van der Waals surface area contributed by atoms with Crippen LogP contribution in [0.15, 0.2) is 51.9 Å². The van der Waals surface area contributed by atoms with Crippen LogP contribution in [0.3, 0.4) is 0 Å². The molecule has 0 amide bonds. The molecule has 0 bridgehead atoms. The first-order chi connectivity index (χ1) is 12.3. The molecular weight excluding hydrogens is 397 g/mol. The molecule has 2 aromatic carbocycles. The van der Waals surface area contributed by atoms with Gasteiger partial charge in [-0.1, -0.05) is 52.6 Å². The molecule has 6 nitrogen and oxygen atoms in total. The highest BCUT2D eigenvalue weighted by Crippen LogP contribution is 2.28. The van der Waals surface area contributed by atoms with Gasteiger partial charge in [-0.2, -0.15) is 9.29 Å². The smallest absolute Gasteiger partial charge is 0.244 e. The van der Waals surface area contributed by atoms with Gasteiger partial charge in [-0.3, -0.25) is 0 Å². The van der Waals surface area contributed by atoms with E-state index in [4.69, 9.17) is 27.7 Å². The molecular formula is C17H15Cl2N3O3S. The maximum atomic E-state index is 12.7. The highest BCUT2D eigenvalue weighted by Gasteiger charge is 2.26. The topological polar surface area (TPSA) is 76.3 Å². The first-order valence-corrected chi connectivity index (χ1v) is 9.78. The summed E-state index contributed by atoms with van der Waals surface area (Å²) in [6, 6.07) is 11.9. The number of sulfonamides is 1. The highest BCUT2D eigenvalue weighted by atomic mass is 35.5. The molecule has 136 valence electrons. The van der Waals surface area contributed by atoms with Crippen LogP contribution in [0.25, 0.3) is 11.4 Å². The Morgan fingerprint density at radius 3 is 2.62 bits per heavy atom. The fourth-order valence-electron chi connectivity index (χ4n) is 2.37. The molecule has 0 aliphatic carbocycles. The van der Waals surface area contributed by atoms with Gasteiger partial charge in [0.2, 0.25) is 21.7 Å². The molecule has 3 rings (SSSR count). The second kappa shape index (κ2) is 7.36. The van der Waals surface area contributed by atoms with Crippen molar-refractivity contribution in [1.82, 2.24) is 14.4 Å². The van der Waals surface area contributed by atoms with E-state index < -0.39 is 10.0 Å². The molecule has 1 heterocycles. The second-order valence-corrected chi connectivity index (χ2v) is 8.52. The minimum atomic E-state index is -3.86. The number of nitrogens with zero attached hydrogens (tertiary/aromatic N) is 3. The van der Waals surface area contributed by atoms with Crippen molar-refractivity contribution in [3.8, 4) is 11.4 Å². The summed E-state index contributed by atoms with van der Waals surface area (Å²) in [5.41, 5.74) is 1.82. The van der Waals surface area contributed by atoms with Crippen LogP contribution in [0.4, 0.5) is 0 Å². The van der Waals surface area contributed by atoms with E-state index in [2.05, 4.69) is 10.1 Å². The zero-order valence-corrected chi connectivity index (χ0v) is 16.3. The third kappa shape index (κ3) is 3.76. The van der Waals surface area contributed by atoms with Gasteiger partial charge < -0.3 is 4.52 Å². The van der Waals surface area contributed by atoms with Gasteiger partial charge in [0.05, 0.1) is 11.6 Å². The summed E-state index contributed by atoms with van der Waals surface area (Å²) >= 11 is 11.9. The van der Waals surface area contributed by atoms with Crippen molar-refractivity contribution in [3.63, 3.8) is 0 Å². The summed E-state index contributed by atoms with van der Waals surface area (Å²) in [7, 11) is -2.46. The molecule has 0 aliphatic rings. The Balaban J connectivity index is 1.85. The van der Waals surface area contributed by atoms with E-state index in [1.165, 1.54) is 25.2 Å². The van der Waals surface area contributed by atoms with E-state index in [1.54, 1.807) is 0 Å². The van der Waals surface area contributed by atoms with Gasteiger partial charge in [-0.05, 0) is 30.7 Å². The van der Waals surface area contributed by atoms with Crippen LogP contribution < -0.4 is 0 Å². The summed E-state index contributed by atoms with van der Waals surface area (Å²) in [5.74, 6) is 0.581. The number of benzene rings is 2. The van der Waals surface area contributed by atoms with Crippen LogP contribution in [0.5, 0.6) is 0 Å². The van der Waals surface area contributed by atoms with Crippen molar-refractivity contribution < 1.29 is 12.9 Å². The van der Waals surface area contributed by atoms with Gasteiger partial charge in [0.1, 0.15) is 4.90 Å². The fourth-order valence-corrected chi connectivity index (χ4v) is 4.22. The van der Waals surface area contributed by atoms with Crippen molar-refractivity contribution in [2.24, 2.45) is 0 Å². The van der Waals surface area contributed by atoms with Crippen molar-refractivity contribution in [1.29, 1.82) is 0 Å². The van der Waals surface area contributed by atoms with Gasteiger partial charge in [0.25, 0.3) is 0 Å². The van der Waals surface area contributed by atoms with Crippen LogP contribution in [0.1, 0.15) is 11.5 Å². The van der Waals surface area contributed by atoms with Crippen molar-refractivity contribution in [2.75, 3.05) is 7.05 Å². The number of hydrogen-bond acceptors (Lipinski definition) is 5. The number of rotatable bonds is 5. The minimum Gasteiger partial charge on any atom is -0.338 e. The van der Waals surface area contributed by atoms with Crippen LogP contribution in [-0.2, 0) is 16.6 Å². The Morgan fingerprint density at radius 2 is 1.88 bits per heavy atom. The average Bonchev–Trinajstić information content (AvgIpc) is 3.05. The quantitative estimate of drug-likeness (QED) is 0.629. The van der Waals surface area contributed by atoms with Gasteiger partial charge in [0.15, 0.2) is 0 Å². The summed E-state index contributed by atoms with van der Waals surface area (Å²) in [4.78, 5) is 4.21. The largest absolute Gasteiger partial charge is 0.338 e. The maximum absolute atomic E-state index is 12.7. The van der Waals surface area contributed by atoms with Gasteiger partial charge >= 0.3 is 0 Å². The summed E-state index contributed by atoms with van der Waals surface area (Å²) in [6.07, 6.45) is 0. The summed E-state index contributed by atoms with van der Waals surface area (Å²) in [5, 5.41) is 4.30. The van der Waals surface area contributed by atoms with Crippen LogP contribution >= 0.6 is 23.2 Å². The third-order valence-electron chi connectivity index (χ3n) is 3.79. The lowest BCUT2D eigenvalue weighted by Gasteiger charge is -2.16. The molecule has 3 aromatic rings. The predicted octanol–water partition coefficient (Wildman–Crippen LogP) is 4.17. The molecule has 0 saturated carbocycles. The van der Waals surface area contributed by atoms with E-state index in [9.17, 15) is 8.42 Å². The molecule has 9 heteroatoms. The van der Waals surface area contributed by atoms with Crippen molar-refractivity contribution in [2.45, 2.75) is 18.4 Å². The lowest BCUT2D eigenvalue weighted by Crippen LogP contribution is -2.27. The molecule has 0 fully saturated rings. The fraction of sp³-hybridized carbons (Fsp3) is 0.176. The zero-order valence-electron chi connectivity index (χ0n) is 14.0. The Kier molecular flexibility index (Phi) is 5.34. The molecule has 0 N–H and O–H groups in total. The molecule has 0 unspecified atom stereocenters. The minimum absolute atomic E-state index is 0.0761. The number of halogens is 2. The Labute approximate surface area is 161 Å². The number of aryl methyl sites for hydroxylation is 1. The van der Waals surface area contributed by atoms with E-state index in [1.807, 2.05) is 31.2 Å². The van der Waals surface area contributed by atoms with E-state index in [0.29, 0.717) is 5.82 Å². The number of aromatic nitrogens is 2. The molecule has 0 atom stereocenters. The lowest BCUT2D eigenvalue weighted by molar-refractivity contribution is 0.337. The predicted molar refractivity (Wildman–Crippen MR) is 99.6 cm³/mol. The molecule has 0 saturated heterocycles. The normalized spacial score (nSPS) is 11.9. The first kappa shape index (κ1) is 18.8. The molecule has 26 heavy (non-hydrogen) atoms. The van der Waals surface area contributed by atoms with E-state index >= 15 is 0 Å². The standard InChI is InChI=1S/C17H15Cl2N3O3S/c1-11-5-3-4-6-13(11)17-20-16(25-21-17)10-22(2)26(23,24)15-9-12(18)7-8-14(15)19/h3-9H,10H2,1-2H3. The summed E-state index contributed by atoms with van der Waals surface area (Å²) < 4.78 is 31.8. The Bertz CT molecular complexity index is 1050. The van der Waals surface area contributed by atoms with Gasteiger partial charge in [-0.25, -0.2) is 8.42 Å². The third-order valence-corrected chi connectivity index (χ3v) is 6.31. The SMILES string of the molecule is Cc1ccccc1-c1noc(CN(C)S(=O)(=O)c2cc(Cl)ccc2Cl)n1. The zero-order chi connectivity index (χ0) is 18.9. The molecule has 0 aliphatic heterocycles. The number of hydrogen-bond donors (Lipinski definition) is 0. The van der Waals surface area contributed by atoms with Crippen molar-refractivity contribution >= 4 is 33.2 Å².